The predicted octanol–water partition coefficient (Wildman–Crippen LogP) is 2.63. The van der Waals surface area contributed by atoms with E-state index in [1.807, 2.05) is 44.2 Å². The Morgan fingerprint density at radius 2 is 1.74 bits per heavy atom. The molecule has 206 valence electrons. The van der Waals surface area contributed by atoms with Crippen LogP contribution in [0.1, 0.15) is 62.0 Å². The Bertz CT molecular complexity index is 1140. The molecule has 1 amide bonds. The highest BCUT2D eigenvalue weighted by atomic mass is 16.6. The number of fused-ring (bicyclic) bond motifs is 2. The Labute approximate surface area is 229 Å². The van der Waals surface area contributed by atoms with Gasteiger partial charge in [-0.3, -0.25) is 29.1 Å². The fourth-order valence-corrected chi connectivity index (χ4v) is 5.34. The molecular weight excluding hydrogens is 499 g/mol. The first-order valence-electron chi connectivity index (χ1n) is 13.5. The lowest BCUT2D eigenvalue weighted by Crippen LogP contribution is -2.57. The second kappa shape index (κ2) is 13.0. The minimum absolute atomic E-state index is 0.0488. The number of nitrogens with one attached hydrogen (secondary N) is 1. The zero-order valence-corrected chi connectivity index (χ0v) is 22.6. The van der Waals surface area contributed by atoms with Gasteiger partial charge in [0.2, 0.25) is 0 Å². The lowest BCUT2D eigenvalue weighted by Gasteiger charge is -2.40. The third kappa shape index (κ3) is 7.29. The number of likely N-dealkylation sites (N-methyl/N-ethyl adjacent to an activating group) is 1. The number of amides is 1. The number of ketones is 1. The molecule has 0 unspecified atom stereocenters. The topological polar surface area (TPSA) is 128 Å². The van der Waals surface area contributed by atoms with Crippen molar-refractivity contribution < 1.29 is 28.5 Å². The molecule has 0 saturated carbocycles. The molecular formula is C28H35BN4O6. The molecule has 1 aromatic heterocycles. The summed E-state index contributed by atoms with van der Waals surface area (Å²) in [6, 6.07) is 7.46. The molecule has 4 rings (SSSR count). The van der Waals surface area contributed by atoms with Crippen molar-refractivity contribution in [1.29, 1.82) is 0 Å². The highest BCUT2D eigenvalue weighted by Gasteiger charge is 2.48. The highest BCUT2D eigenvalue weighted by Crippen LogP contribution is 2.32. The van der Waals surface area contributed by atoms with Gasteiger partial charge in [-0.2, -0.15) is 0 Å². The van der Waals surface area contributed by atoms with Crippen molar-refractivity contribution in [3.05, 3.63) is 60.2 Å². The van der Waals surface area contributed by atoms with Gasteiger partial charge in [-0.15, -0.1) is 0 Å². The van der Waals surface area contributed by atoms with Crippen molar-refractivity contribution >= 4 is 30.7 Å². The molecule has 0 spiro atoms. The van der Waals surface area contributed by atoms with Crippen molar-refractivity contribution in [3.63, 3.8) is 0 Å². The van der Waals surface area contributed by atoms with Gasteiger partial charge in [0.15, 0.2) is 5.78 Å². The van der Waals surface area contributed by atoms with Crippen LogP contribution in [0.15, 0.2) is 48.9 Å². The Morgan fingerprint density at radius 1 is 1.08 bits per heavy atom. The normalized spacial score (nSPS) is 21.3. The van der Waals surface area contributed by atoms with E-state index in [0.717, 1.165) is 12.0 Å². The Kier molecular flexibility index (Phi) is 9.45. The lowest BCUT2D eigenvalue weighted by atomic mass is 9.64. The fraction of sp³-hybridized carbons (Fsp3) is 0.500. The molecule has 2 aliphatic heterocycles. The van der Waals surface area contributed by atoms with Crippen LogP contribution in [0.2, 0.25) is 5.82 Å². The minimum atomic E-state index is -1.18. The smallest absolute Gasteiger partial charge is 0.498 e. The average molecular weight is 534 g/mol. The molecule has 3 heterocycles. The third-order valence-corrected chi connectivity index (χ3v) is 7.34. The highest BCUT2D eigenvalue weighted by molar-refractivity contribution is 6.51. The Morgan fingerprint density at radius 3 is 2.33 bits per heavy atom. The minimum Gasteiger partial charge on any atom is -0.498 e. The molecule has 4 atom stereocenters. The van der Waals surface area contributed by atoms with E-state index in [1.165, 1.54) is 18.6 Å². The number of hydrogen-bond donors (Lipinski definition) is 1. The number of piperidine rings is 1. The van der Waals surface area contributed by atoms with Crippen LogP contribution in [-0.4, -0.2) is 70.8 Å². The molecule has 39 heavy (non-hydrogen) atoms. The summed E-state index contributed by atoms with van der Waals surface area (Å²) >= 11 is 0. The van der Waals surface area contributed by atoms with E-state index >= 15 is 0 Å². The molecule has 2 aliphatic rings. The Hall–Kier alpha value is -3.60. The second-order valence-electron chi connectivity index (χ2n) is 10.7. The number of benzene rings is 1. The van der Waals surface area contributed by atoms with Gasteiger partial charge in [0, 0.05) is 24.6 Å². The average Bonchev–Trinajstić information content (AvgIpc) is 2.92. The largest absolute Gasteiger partial charge is 0.602 e. The van der Waals surface area contributed by atoms with Crippen LogP contribution < -0.4 is 5.32 Å². The maximum atomic E-state index is 13.8. The van der Waals surface area contributed by atoms with Gasteiger partial charge in [-0.05, 0) is 50.6 Å². The molecule has 0 aliphatic carbocycles. The van der Waals surface area contributed by atoms with E-state index in [-0.39, 0.29) is 30.2 Å². The van der Waals surface area contributed by atoms with E-state index in [4.69, 9.17) is 9.31 Å². The van der Waals surface area contributed by atoms with Crippen LogP contribution in [0, 0.1) is 5.92 Å². The molecule has 2 saturated heterocycles. The second-order valence-corrected chi connectivity index (χ2v) is 10.7. The van der Waals surface area contributed by atoms with Gasteiger partial charge >= 0.3 is 19.1 Å². The summed E-state index contributed by atoms with van der Waals surface area (Å²) in [5.74, 6) is -2.10. The first-order valence-corrected chi connectivity index (χ1v) is 13.5. The van der Waals surface area contributed by atoms with Crippen LogP contribution in [-0.2, 0) is 30.1 Å². The maximum Gasteiger partial charge on any atom is 0.602 e. The van der Waals surface area contributed by atoms with E-state index in [9.17, 15) is 19.2 Å². The molecule has 2 aromatic rings. The molecule has 2 fully saturated rings. The zero-order chi connectivity index (χ0) is 27.9. The molecule has 11 heteroatoms. The van der Waals surface area contributed by atoms with Crippen LogP contribution in [0.5, 0.6) is 0 Å². The fourth-order valence-electron chi connectivity index (χ4n) is 5.34. The summed E-state index contributed by atoms with van der Waals surface area (Å²) in [5.41, 5.74) is 0.969. The summed E-state index contributed by atoms with van der Waals surface area (Å²) < 4.78 is 11.5. The lowest BCUT2D eigenvalue weighted by molar-refractivity contribution is -0.157. The van der Waals surface area contributed by atoms with E-state index in [1.54, 1.807) is 11.9 Å². The van der Waals surface area contributed by atoms with Gasteiger partial charge in [-0.1, -0.05) is 44.2 Å². The maximum absolute atomic E-state index is 13.8. The van der Waals surface area contributed by atoms with Gasteiger partial charge in [0.05, 0.1) is 12.2 Å². The number of Topliss-reactive ketones (excluding diaryl/α,β-unsaturated/α-hetero) is 1. The van der Waals surface area contributed by atoms with E-state index in [0.29, 0.717) is 19.3 Å². The standard InChI is InChI=1S/C28H35BN4O6/c1-18(2)14-20(29-38-27(36)23-10-7-11-24(33(23)3)28(37)39-29)16-25(34)21(15-19-8-5-4-6-9-19)32-26(35)22-17-30-12-13-31-22/h4-6,8-9,12-13,17-18,20-21,23-24H,7,10-11,14-16H2,1-3H3,(H,32,35)/t20-,21+,23-,24-/m1/s1. The van der Waals surface area contributed by atoms with Crippen molar-refractivity contribution in [2.24, 2.45) is 5.92 Å². The predicted molar refractivity (Wildman–Crippen MR) is 143 cm³/mol. The van der Waals surface area contributed by atoms with Crippen LogP contribution in [0.3, 0.4) is 0 Å². The molecule has 10 nitrogen and oxygen atoms in total. The van der Waals surface area contributed by atoms with Gasteiger partial charge in [0.25, 0.3) is 5.91 Å². The van der Waals surface area contributed by atoms with Crippen LogP contribution >= 0.6 is 0 Å². The number of carbonyl (C=O) groups is 4. The van der Waals surface area contributed by atoms with Crippen LogP contribution in [0.25, 0.3) is 0 Å². The van der Waals surface area contributed by atoms with Crippen molar-refractivity contribution in [3.8, 4) is 0 Å². The van der Waals surface area contributed by atoms with Crippen molar-refractivity contribution in [1.82, 2.24) is 20.2 Å². The van der Waals surface area contributed by atoms with Crippen molar-refractivity contribution in [2.75, 3.05) is 7.05 Å². The molecule has 2 bridgehead atoms. The summed E-state index contributed by atoms with van der Waals surface area (Å²) in [4.78, 5) is 62.5. The zero-order valence-electron chi connectivity index (χ0n) is 22.6. The van der Waals surface area contributed by atoms with E-state index in [2.05, 4.69) is 15.3 Å². The first kappa shape index (κ1) is 28.4. The molecule has 0 radical (unpaired) electrons. The summed E-state index contributed by atoms with van der Waals surface area (Å²) in [6.45, 7) is 3.98. The van der Waals surface area contributed by atoms with Crippen LogP contribution in [0.4, 0.5) is 0 Å². The summed E-state index contributed by atoms with van der Waals surface area (Å²) in [6.07, 6.45) is 6.84. The Balaban J connectivity index is 1.56. The monoisotopic (exact) mass is 534 g/mol. The first-order chi connectivity index (χ1) is 18.7. The van der Waals surface area contributed by atoms with Gasteiger partial charge in [0.1, 0.15) is 17.8 Å². The van der Waals surface area contributed by atoms with Gasteiger partial charge in [-0.25, -0.2) is 4.98 Å². The van der Waals surface area contributed by atoms with Gasteiger partial charge < -0.3 is 14.6 Å². The quantitative estimate of drug-likeness (QED) is 0.458. The third-order valence-electron chi connectivity index (χ3n) is 7.34. The number of rotatable bonds is 10. The van der Waals surface area contributed by atoms with E-state index < -0.39 is 48.9 Å². The number of nitrogens with zero attached hydrogens (tertiary/aromatic N) is 3. The summed E-state index contributed by atoms with van der Waals surface area (Å²) in [7, 11) is 0.557. The molecule has 1 N–H and O–H groups in total. The number of carbonyl (C=O) groups excluding carboxylic acids is 4. The SMILES string of the molecule is CC(C)C[C@H](CC(=O)[C@H](Cc1ccccc1)NC(=O)c1cnccn1)B1OC(=O)[C@H]2CCC[C@H](C(=O)O1)N2C. The number of hydrogen-bond acceptors (Lipinski definition) is 9. The number of aromatic nitrogens is 2. The summed E-state index contributed by atoms with van der Waals surface area (Å²) in [5, 5.41) is 2.81. The van der Waals surface area contributed by atoms with Crippen molar-refractivity contribution in [2.45, 2.75) is 76.3 Å². The molecule has 1 aromatic carbocycles.